The van der Waals surface area contributed by atoms with Crippen LogP contribution >= 0.6 is 11.8 Å². The minimum absolute atomic E-state index is 0.408. The van der Waals surface area contributed by atoms with Gasteiger partial charge < -0.3 is 0 Å². The topological polar surface area (TPSA) is 38.0 Å². The Balaban J connectivity index is 2.25. The highest BCUT2D eigenvalue weighted by Gasteiger charge is 2.28. The molecule has 0 aromatic heterocycles. The first kappa shape index (κ1) is 10.0. The zero-order valence-electron chi connectivity index (χ0n) is 8.36. The molecule has 3 heteroatoms. The molecule has 1 aromatic carbocycles. The Morgan fingerprint density at radius 3 is 3.07 bits per heavy atom. The summed E-state index contributed by atoms with van der Waals surface area (Å²) in [6.07, 6.45) is 1.08. The maximum Gasteiger partial charge on any atom is 0.0285 e. The highest BCUT2D eigenvalue weighted by atomic mass is 32.2. The molecule has 2 atom stereocenters. The fraction of sp³-hybridized carbons (Fsp3) is 0.455. The Morgan fingerprint density at radius 1 is 1.57 bits per heavy atom. The molecule has 2 nitrogen and oxygen atoms in total. The van der Waals surface area contributed by atoms with Crippen LogP contribution in [0.15, 0.2) is 29.2 Å². The summed E-state index contributed by atoms with van der Waals surface area (Å²) in [5, 5.41) is 0. The van der Waals surface area contributed by atoms with Gasteiger partial charge in [0, 0.05) is 22.6 Å². The molecule has 0 saturated carbocycles. The van der Waals surface area contributed by atoms with Gasteiger partial charge in [-0.05, 0) is 18.1 Å². The molecule has 0 saturated heterocycles. The minimum atomic E-state index is 0.408. The van der Waals surface area contributed by atoms with Crippen molar-refractivity contribution in [2.75, 3.05) is 5.75 Å². The third-order valence-electron chi connectivity index (χ3n) is 2.88. The van der Waals surface area contributed by atoms with Crippen LogP contribution in [-0.2, 0) is 0 Å². The Hall–Kier alpha value is -0.510. The molecule has 2 rings (SSSR count). The number of benzene rings is 1. The van der Waals surface area contributed by atoms with Crippen molar-refractivity contribution in [2.45, 2.75) is 30.2 Å². The van der Waals surface area contributed by atoms with E-state index in [-0.39, 0.29) is 0 Å². The minimum Gasteiger partial charge on any atom is -0.271 e. The van der Waals surface area contributed by atoms with Crippen molar-refractivity contribution in [3.05, 3.63) is 29.8 Å². The molecule has 76 valence electrons. The molecule has 14 heavy (non-hydrogen) atoms. The van der Waals surface area contributed by atoms with Crippen LogP contribution in [0.2, 0.25) is 0 Å². The molecule has 3 N–H and O–H groups in total. The second-order valence-corrected chi connectivity index (χ2v) is 4.70. The van der Waals surface area contributed by atoms with Gasteiger partial charge in [-0.1, -0.05) is 25.1 Å². The number of fused-ring (bicyclic) bond motifs is 1. The van der Waals surface area contributed by atoms with E-state index in [0.29, 0.717) is 12.0 Å². The summed E-state index contributed by atoms with van der Waals surface area (Å²) in [5.74, 6) is 7.29. The third kappa shape index (κ3) is 1.67. The number of nitrogens with two attached hydrogens (primary N) is 1. The second-order valence-electron chi connectivity index (χ2n) is 3.64. The van der Waals surface area contributed by atoms with Crippen LogP contribution < -0.4 is 11.3 Å². The zero-order valence-corrected chi connectivity index (χ0v) is 9.18. The Morgan fingerprint density at radius 2 is 2.36 bits per heavy atom. The molecule has 0 bridgehead atoms. The molecule has 1 aliphatic rings. The van der Waals surface area contributed by atoms with Gasteiger partial charge in [0.2, 0.25) is 0 Å². The summed E-state index contributed by atoms with van der Waals surface area (Å²) < 4.78 is 0. The van der Waals surface area contributed by atoms with Gasteiger partial charge in [0.15, 0.2) is 0 Å². The van der Waals surface area contributed by atoms with Crippen molar-refractivity contribution < 1.29 is 0 Å². The number of hydrogen-bond donors (Lipinski definition) is 2. The lowest BCUT2D eigenvalue weighted by atomic mass is 9.92. The first-order valence-corrected chi connectivity index (χ1v) is 6.03. The Kier molecular flexibility index (Phi) is 3.11. The highest BCUT2D eigenvalue weighted by molar-refractivity contribution is 7.99. The lowest BCUT2D eigenvalue weighted by Crippen LogP contribution is -2.39. The summed E-state index contributed by atoms with van der Waals surface area (Å²) in [4.78, 5) is 1.42. The van der Waals surface area contributed by atoms with Gasteiger partial charge in [-0.15, -0.1) is 11.8 Å². The van der Waals surface area contributed by atoms with Crippen LogP contribution in [0.1, 0.15) is 24.8 Å². The van der Waals surface area contributed by atoms with Gasteiger partial charge in [0.1, 0.15) is 0 Å². The van der Waals surface area contributed by atoms with Crippen LogP contribution in [0, 0.1) is 0 Å². The van der Waals surface area contributed by atoms with Crippen LogP contribution in [0.3, 0.4) is 0 Å². The fourth-order valence-electron chi connectivity index (χ4n) is 2.04. The van der Waals surface area contributed by atoms with E-state index in [1.165, 1.54) is 10.5 Å². The molecule has 0 fully saturated rings. The fourth-order valence-corrected chi connectivity index (χ4v) is 3.37. The molecule has 1 aromatic rings. The van der Waals surface area contributed by atoms with E-state index >= 15 is 0 Å². The SMILES string of the molecule is CCC(NN)C1CSc2ccccc21. The molecule has 0 radical (unpaired) electrons. The second kappa shape index (κ2) is 4.34. The lowest BCUT2D eigenvalue weighted by Gasteiger charge is -2.21. The molecule has 1 aliphatic heterocycles. The number of thioether (sulfide) groups is 1. The van der Waals surface area contributed by atoms with Crippen LogP contribution in [0.25, 0.3) is 0 Å². The smallest absolute Gasteiger partial charge is 0.0285 e. The van der Waals surface area contributed by atoms with E-state index in [9.17, 15) is 0 Å². The largest absolute Gasteiger partial charge is 0.271 e. The van der Waals surface area contributed by atoms with Gasteiger partial charge in [0.05, 0.1) is 0 Å². The van der Waals surface area contributed by atoms with Crippen LogP contribution in [0.5, 0.6) is 0 Å². The molecule has 0 amide bonds. The molecular formula is C11H16N2S. The van der Waals surface area contributed by atoms with E-state index in [4.69, 9.17) is 5.84 Å². The number of rotatable bonds is 3. The van der Waals surface area contributed by atoms with Gasteiger partial charge in [0.25, 0.3) is 0 Å². The number of nitrogens with one attached hydrogen (secondary N) is 1. The molecule has 0 aliphatic carbocycles. The molecule has 2 unspecified atom stereocenters. The van der Waals surface area contributed by atoms with Crippen molar-refractivity contribution >= 4 is 11.8 Å². The quantitative estimate of drug-likeness (QED) is 0.590. The van der Waals surface area contributed by atoms with Gasteiger partial charge >= 0.3 is 0 Å². The van der Waals surface area contributed by atoms with Crippen molar-refractivity contribution in [3.63, 3.8) is 0 Å². The third-order valence-corrected chi connectivity index (χ3v) is 4.09. The Labute approximate surface area is 89.2 Å². The first-order valence-electron chi connectivity index (χ1n) is 5.04. The first-order chi connectivity index (χ1) is 6.86. The maximum atomic E-state index is 5.56. The van der Waals surface area contributed by atoms with Crippen LogP contribution in [-0.4, -0.2) is 11.8 Å². The molecule has 0 spiro atoms. The summed E-state index contributed by atoms with van der Waals surface area (Å²) in [6, 6.07) is 9.04. The average molecular weight is 208 g/mol. The van der Waals surface area contributed by atoms with E-state index in [1.54, 1.807) is 0 Å². The zero-order chi connectivity index (χ0) is 9.97. The van der Waals surface area contributed by atoms with Crippen molar-refractivity contribution in [1.82, 2.24) is 5.43 Å². The highest BCUT2D eigenvalue weighted by Crippen LogP contribution is 2.41. The van der Waals surface area contributed by atoms with Crippen molar-refractivity contribution in [3.8, 4) is 0 Å². The van der Waals surface area contributed by atoms with E-state index in [1.807, 2.05) is 11.8 Å². The van der Waals surface area contributed by atoms with E-state index in [2.05, 4.69) is 36.6 Å². The standard InChI is InChI=1S/C11H16N2S/c1-2-10(13-12)9-7-14-11-6-4-3-5-8(9)11/h3-6,9-10,13H,2,7,12H2,1H3. The van der Waals surface area contributed by atoms with Gasteiger partial charge in [-0.2, -0.15) is 0 Å². The van der Waals surface area contributed by atoms with Crippen molar-refractivity contribution in [1.29, 1.82) is 0 Å². The summed E-state index contributed by atoms with van der Waals surface area (Å²) in [5.41, 5.74) is 4.38. The van der Waals surface area contributed by atoms with Crippen LogP contribution in [0.4, 0.5) is 0 Å². The predicted molar refractivity (Wildman–Crippen MR) is 61.3 cm³/mol. The Bertz CT molecular complexity index is 310. The maximum absolute atomic E-state index is 5.56. The van der Waals surface area contributed by atoms with Gasteiger partial charge in [-0.25, -0.2) is 0 Å². The van der Waals surface area contributed by atoms with Crippen molar-refractivity contribution in [2.24, 2.45) is 5.84 Å². The normalized spacial score (nSPS) is 22.0. The number of hydrogen-bond acceptors (Lipinski definition) is 3. The summed E-state index contributed by atoms with van der Waals surface area (Å²) >= 11 is 1.94. The summed E-state index contributed by atoms with van der Waals surface area (Å²) in [7, 11) is 0. The molecule has 1 heterocycles. The predicted octanol–water partition coefficient (Wildman–Crippen LogP) is 2.12. The molecular weight excluding hydrogens is 192 g/mol. The van der Waals surface area contributed by atoms with E-state index < -0.39 is 0 Å². The number of hydrazine groups is 1. The lowest BCUT2D eigenvalue weighted by molar-refractivity contribution is 0.453. The monoisotopic (exact) mass is 208 g/mol. The van der Waals surface area contributed by atoms with E-state index in [0.717, 1.165) is 12.2 Å². The average Bonchev–Trinajstić information content (AvgIpc) is 2.65. The van der Waals surface area contributed by atoms with Gasteiger partial charge in [-0.3, -0.25) is 11.3 Å². The summed E-state index contributed by atoms with van der Waals surface area (Å²) in [6.45, 7) is 2.18.